The number of carbonyl (C=O) groups excluding carboxylic acids is 1. The molecule has 0 aliphatic rings. The summed E-state index contributed by atoms with van der Waals surface area (Å²) in [4.78, 5) is 10.0. The number of halogens is 1. The Bertz CT molecular complexity index is 81.4. The van der Waals surface area contributed by atoms with E-state index < -0.39 is 6.16 Å². The first-order chi connectivity index (χ1) is 3.66. The Kier molecular flexibility index (Phi) is 3.35. The predicted octanol–water partition coefficient (Wildman–Crippen LogP) is 1.70. The van der Waals surface area contributed by atoms with Crippen molar-refractivity contribution in [3.8, 4) is 0 Å². The largest absolute Gasteiger partial charge is 0.527 e. The second-order valence-corrected chi connectivity index (χ2v) is 1.65. The highest BCUT2D eigenvalue weighted by Gasteiger charge is 2.03. The minimum atomic E-state index is -0.860. The molecule has 0 spiro atoms. The Balaban J connectivity index is 3.25. The van der Waals surface area contributed by atoms with Gasteiger partial charge in [0.15, 0.2) is 0 Å². The highest BCUT2D eigenvalue weighted by molar-refractivity contribution is 6.12. The number of rotatable bonds is 1. The molecule has 0 aromatic carbocycles. The SMILES string of the molecule is CC(C)OC(=O)OCl. The van der Waals surface area contributed by atoms with Crippen molar-refractivity contribution in [1.82, 2.24) is 0 Å². The topological polar surface area (TPSA) is 35.5 Å². The van der Waals surface area contributed by atoms with Gasteiger partial charge in [-0.3, -0.25) is 0 Å². The van der Waals surface area contributed by atoms with Crippen LogP contribution >= 0.6 is 11.9 Å². The first-order valence-corrected chi connectivity index (χ1v) is 2.47. The number of hydrogen-bond donors (Lipinski definition) is 0. The molecule has 0 N–H and O–H groups in total. The normalized spacial score (nSPS) is 9.00. The second-order valence-electron chi connectivity index (χ2n) is 1.49. The molecule has 0 aliphatic carbocycles. The maximum atomic E-state index is 10.0. The van der Waals surface area contributed by atoms with Gasteiger partial charge in [0.25, 0.3) is 0 Å². The van der Waals surface area contributed by atoms with Gasteiger partial charge in [-0.25, -0.2) is 4.79 Å². The quantitative estimate of drug-likeness (QED) is 0.518. The van der Waals surface area contributed by atoms with E-state index in [4.69, 9.17) is 0 Å². The molecular formula is C4H7ClO3. The van der Waals surface area contributed by atoms with Gasteiger partial charge in [-0.15, -0.1) is 0 Å². The molecule has 0 rings (SSSR count). The molecule has 0 unspecified atom stereocenters. The van der Waals surface area contributed by atoms with Crippen LogP contribution in [-0.2, 0) is 9.03 Å². The predicted molar refractivity (Wildman–Crippen MR) is 28.6 cm³/mol. The zero-order valence-electron chi connectivity index (χ0n) is 4.68. The van der Waals surface area contributed by atoms with Gasteiger partial charge in [0.05, 0.1) is 6.10 Å². The van der Waals surface area contributed by atoms with Crippen molar-refractivity contribution >= 4 is 18.0 Å². The molecule has 4 heteroatoms. The van der Waals surface area contributed by atoms with Gasteiger partial charge in [-0.05, 0) is 13.8 Å². The molecule has 0 aromatic heterocycles. The molecule has 0 aliphatic heterocycles. The van der Waals surface area contributed by atoms with Crippen molar-refractivity contribution in [2.45, 2.75) is 20.0 Å². The van der Waals surface area contributed by atoms with Gasteiger partial charge in [0.2, 0.25) is 0 Å². The lowest BCUT2D eigenvalue weighted by molar-refractivity contribution is 0.0759. The zero-order chi connectivity index (χ0) is 6.57. The number of hydrogen-bond acceptors (Lipinski definition) is 3. The van der Waals surface area contributed by atoms with Crippen molar-refractivity contribution in [2.75, 3.05) is 0 Å². The minimum absolute atomic E-state index is 0.179. The van der Waals surface area contributed by atoms with E-state index in [1.165, 1.54) is 0 Å². The summed E-state index contributed by atoms with van der Waals surface area (Å²) in [5.74, 6) is 0. The van der Waals surface area contributed by atoms with Crippen LogP contribution in [0.2, 0.25) is 0 Å². The van der Waals surface area contributed by atoms with Crippen LogP contribution in [-0.4, -0.2) is 12.3 Å². The molecule has 0 aromatic rings. The average molecular weight is 139 g/mol. The smallest absolute Gasteiger partial charge is 0.430 e. The summed E-state index contributed by atoms with van der Waals surface area (Å²) < 4.78 is 8.08. The maximum Gasteiger partial charge on any atom is 0.527 e. The molecule has 0 heterocycles. The van der Waals surface area contributed by atoms with Gasteiger partial charge in [-0.2, -0.15) is 0 Å². The fraction of sp³-hybridized carbons (Fsp3) is 0.750. The van der Waals surface area contributed by atoms with Crippen LogP contribution < -0.4 is 0 Å². The average Bonchev–Trinajstić information content (AvgIpc) is 1.65. The zero-order valence-corrected chi connectivity index (χ0v) is 5.44. The number of ether oxygens (including phenoxy) is 1. The summed E-state index contributed by atoms with van der Waals surface area (Å²) >= 11 is 4.62. The summed E-state index contributed by atoms with van der Waals surface area (Å²) in [6, 6.07) is 0. The van der Waals surface area contributed by atoms with E-state index in [2.05, 4.69) is 20.9 Å². The van der Waals surface area contributed by atoms with Crippen LogP contribution in [0.15, 0.2) is 0 Å². The summed E-state index contributed by atoms with van der Waals surface area (Å²) in [6.07, 6.45) is -1.04. The fourth-order valence-corrected chi connectivity index (χ4v) is 0.247. The van der Waals surface area contributed by atoms with E-state index >= 15 is 0 Å². The Morgan fingerprint density at radius 1 is 1.62 bits per heavy atom. The van der Waals surface area contributed by atoms with Crippen LogP contribution in [0, 0.1) is 0 Å². The molecule has 0 radical (unpaired) electrons. The van der Waals surface area contributed by atoms with Gasteiger partial charge >= 0.3 is 6.16 Å². The third-order valence-electron chi connectivity index (χ3n) is 0.395. The monoisotopic (exact) mass is 138 g/mol. The molecule has 48 valence electrons. The Morgan fingerprint density at radius 3 is 2.25 bits per heavy atom. The van der Waals surface area contributed by atoms with Crippen LogP contribution in [0.3, 0.4) is 0 Å². The second kappa shape index (κ2) is 3.55. The fourth-order valence-electron chi connectivity index (χ4n) is 0.211. The van der Waals surface area contributed by atoms with Crippen molar-refractivity contribution < 1.29 is 13.8 Å². The van der Waals surface area contributed by atoms with Gasteiger partial charge < -0.3 is 9.03 Å². The molecule has 0 atom stereocenters. The minimum Gasteiger partial charge on any atom is -0.430 e. The molecule has 0 bridgehead atoms. The lowest BCUT2D eigenvalue weighted by atomic mass is 10.5. The van der Waals surface area contributed by atoms with E-state index in [1.807, 2.05) is 0 Å². The third kappa shape index (κ3) is 3.74. The Labute approximate surface area is 52.7 Å². The van der Waals surface area contributed by atoms with Crippen molar-refractivity contribution in [3.05, 3.63) is 0 Å². The number of carbonyl (C=O) groups is 1. The van der Waals surface area contributed by atoms with E-state index in [-0.39, 0.29) is 6.10 Å². The van der Waals surface area contributed by atoms with Crippen LogP contribution in [0.4, 0.5) is 4.79 Å². The maximum absolute atomic E-state index is 10.0. The van der Waals surface area contributed by atoms with Crippen molar-refractivity contribution in [2.24, 2.45) is 0 Å². The molecule has 8 heavy (non-hydrogen) atoms. The lowest BCUT2D eigenvalue weighted by Gasteiger charge is -2.02. The standard InChI is InChI=1S/C4H7ClO3/c1-3(2)7-4(6)8-5/h3H,1-2H3. The van der Waals surface area contributed by atoms with Crippen LogP contribution in [0.5, 0.6) is 0 Å². The summed E-state index contributed by atoms with van der Waals surface area (Å²) in [6.45, 7) is 3.40. The van der Waals surface area contributed by atoms with Crippen molar-refractivity contribution in [1.29, 1.82) is 0 Å². The molecular weight excluding hydrogens is 131 g/mol. The van der Waals surface area contributed by atoms with E-state index in [0.29, 0.717) is 0 Å². The molecule has 0 amide bonds. The van der Waals surface area contributed by atoms with E-state index in [0.717, 1.165) is 0 Å². The molecule has 0 saturated carbocycles. The van der Waals surface area contributed by atoms with Gasteiger partial charge in [0.1, 0.15) is 11.9 Å². The van der Waals surface area contributed by atoms with Gasteiger partial charge in [-0.1, -0.05) is 0 Å². The molecule has 0 fully saturated rings. The third-order valence-corrected chi connectivity index (χ3v) is 0.521. The summed E-state index contributed by atoms with van der Waals surface area (Å²) in [5, 5.41) is 0. The van der Waals surface area contributed by atoms with Crippen LogP contribution in [0.1, 0.15) is 13.8 Å². The highest BCUT2D eigenvalue weighted by atomic mass is 35.5. The first kappa shape index (κ1) is 7.56. The molecule has 0 saturated heterocycles. The summed E-state index contributed by atoms with van der Waals surface area (Å²) in [5.41, 5.74) is 0. The summed E-state index contributed by atoms with van der Waals surface area (Å²) in [7, 11) is 0. The molecule has 3 nitrogen and oxygen atoms in total. The first-order valence-electron chi connectivity index (χ1n) is 2.16. The van der Waals surface area contributed by atoms with E-state index in [9.17, 15) is 4.79 Å². The lowest BCUT2D eigenvalue weighted by Crippen LogP contribution is -2.08. The highest BCUT2D eigenvalue weighted by Crippen LogP contribution is 1.93. The van der Waals surface area contributed by atoms with E-state index in [1.54, 1.807) is 13.8 Å². The Morgan fingerprint density at radius 2 is 2.12 bits per heavy atom. The van der Waals surface area contributed by atoms with Crippen molar-refractivity contribution in [3.63, 3.8) is 0 Å². The Hall–Kier alpha value is -0.440. The van der Waals surface area contributed by atoms with Gasteiger partial charge in [0, 0.05) is 0 Å². The van der Waals surface area contributed by atoms with Crippen LogP contribution in [0.25, 0.3) is 0 Å².